The molecule has 1 aliphatic rings. The summed E-state index contributed by atoms with van der Waals surface area (Å²) in [5.74, 6) is 1.30. The highest BCUT2D eigenvalue weighted by atomic mass is 32.1. The summed E-state index contributed by atoms with van der Waals surface area (Å²) in [5.41, 5.74) is 2.38. The molecule has 3 aromatic rings. The van der Waals surface area contributed by atoms with Crippen LogP contribution in [0.15, 0.2) is 46.3 Å². The summed E-state index contributed by atoms with van der Waals surface area (Å²) in [6.45, 7) is 3.34. The van der Waals surface area contributed by atoms with Gasteiger partial charge in [0, 0.05) is 25.4 Å². The Morgan fingerprint density at radius 2 is 2.17 bits per heavy atom. The SMILES string of the molecule is Cc1ccccc1CN1CC(c2noc(-c3cccs3)n2)CC1=O. The standard InChI is InChI=1S/C18H17N3O2S/c1-12-5-2-3-6-13(12)10-21-11-14(9-16(21)22)17-19-18(23-20-17)15-7-4-8-24-15/h2-8,14H,9-11H2,1H3. The van der Waals surface area contributed by atoms with Gasteiger partial charge in [-0.05, 0) is 29.5 Å². The Labute approximate surface area is 143 Å². The fourth-order valence-electron chi connectivity index (χ4n) is 2.99. The van der Waals surface area contributed by atoms with Gasteiger partial charge in [-0.1, -0.05) is 35.5 Å². The smallest absolute Gasteiger partial charge is 0.267 e. The van der Waals surface area contributed by atoms with Gasteiger partial charge in [0.05, 0.1) is 4.88 Å². The zero-order chi connectivity index (χ0) is 16.5. The molecule has 3 heterocycles. The van der Waals surface area contributed by atoms with Crippen LogP contribution in [0.25, 0.3) is 10.8 Å². The third-order valence-electron chi connectivity index (χ3n) is 4.38. The van der Waals surface area contributed by atoms with E-state index in [4.69, 9.17) is 4.52 Å². The molecular formula is C18H17N3O2S. The van der Waals surface area contributed by atoms with Crippen molar-refractivity contribution < 1.29 is 9.32 Å². The van der Waals surface area contributed by atoms with Crippen molar-refractivity contribution in [2.75, 3.05) is 6.54 Å². The average molecular weight is 339 g/mol. The number of likely N-dealkylation sites (tertiary alicyclic amines) is 1. The number of aromatic nitrogens is 2. The van der Waals surface area contributed by atoms with Crippen LogP contribution < -0.4 is 0 Å². The minimum atomic E-state index is -0.000944. The number of hydrogen-bond acceptors (Lipinski definition) is 5. The Hall–Kier alpha value is -2.47. The number of aryl methyl sites for hydroxylation is 1. The molecule has 6 heteroatoms. The minimum absolute atomic E-state index is 0.000944. The summed E-state index contributed by atoms with van der Waals surface area (Å²) < 4.78 is 5.35. The third-order valence-corrected chi connectivity index (χ3v) is 5.23. The van der Waals surface area contributed by atoms with Crippen molar-refractivity contribution in [2.24, 2.45) is 0 Å². The Bertz CT molecular complexity index is 857. The summed E-state index contributed by atoms with van der Waals surface area (Å²) in [6, 6.07) is 12.1. The third kappa shape index (κ3) is 2.85. The molecule has 1 amide bonds. The van der Waals surface area contributed by atoms with E-state index in [0.717, 1.165) is 4.88 Å². The van der Waals surface area contributed by atoms with Crippen LogP contribution in [0.4, 0.5) is 0 Å². The second kappa shape index (κ2) is 6.20. The molecule has 5 nitrogen and oxygen atoms in total. The Kier molecular flexibility index (Phi) is 3.90. The summed E-state index contributed by atoms with van der Waals surface area (Å²) >= 11 is 1.56. The zero-order valence-electron chi connectivity index (χ0n) is 13.3. The first-order chi connectivity index (χ1) is 11.7. The van der Waals surface area contributed by atoms with E-state index in [9.17, 15) is 4.79 Å². The lowest BCUT2D eigenvalue weighted by Crippen LogP contribution is -2.24. The normalized spacial score (nSPS) is 17.6. The van der Waals surface area contributed by atoms with Gasteiger partial charge in [0.15, 0.2) is 5.82 Å². The van der Waals surface area contributed by atoms with E-state index in [0.29, 0.717) is 31.2 Å². The Morgan fingerprint density at radius 1 is 1.29 bits per heavy atom. The monoisotopic (exact) mass is 339 g/mol. The maximum absolute atomic E-state index is 12.4. The molecule has 1 aromatic carbocycles. The van der Waals surface area contributed by atoms with E-state index in [1.165, 1.54) is 11.1 Å². The molecule has 1 saturated heterocycles. The van der Waals surface area contributed by atoms with Crippen molar-refractivity contribution in [2.45, 2.75) is 25.8 Å². The highest BCUT2D eigenvalue weighted by Crippen LogP contribution is 2.30. The number of benzene rings is 1. The molecule has 0 saturated carbocycles. The first-order valence-electron chi connectivity index (χ1n) is 7.90. The van der Waals surface area contributed by atoms with Gasteiger partial charge < -0.3 is 9.42 Å². The van der Waals surface area contributed by atoms with Crippen molar-refractivity contribution in [1.82, 2.24) is 15.0 Å². The maximum Gasteiger partial charge on any atom is 0.267 e. The summed E-state index contributed by atoms with van der Waals surface area (Å²) in [7, 11) is 0. The van der Waals surface area contributed by atoms with Crippen molar-refractivity contribution in [1.29, 1.82) is 0 Å². The maximum atomic E-state index is 12.4. The second-order valence-corrected chi connectivity index (χ2v) is 6.98. The van der Waals surface area contributed by atoms with Crippen LogP contribution in [0.3, 0.4) is 0 Å². The molecule has 122 valence electrons. The second-order valence-electron chi connectivity index (χ2n) is 6.04. The van der Waals surface area contributed by atoms with Crippen LogP contribution in [-0.4, -0.2) is 27.5 Å². The van der Waals surface area contributed by atoms with E-state index >= 15 is 0 Å². The lowest BCUT2D eigenvalue weighted by Gasteiger charge is -2.17. The molecule has 0 N–H and O–H groups in total. The molecular weight excluding hydrogens is 322 g/mol. The van der Waals surface area contributed by atoms with Crippen molar-refractivity contribution >= 4 is 17.2 Å². The van der Waals surface area contributed by atoms with E-state index in [1.54, 1.807) is 11.3 Å². The summed E-state index contributed by atoms with van der Waals surface area (Å²) in [4.78, 5) is 19.7. The Morgan fingerprint density at radius 3 is 2.96 bits per heavy atom. The molecule has 24 heavy (non-hydrogen) atoms. The van der Waals surface area contributed by atoms with Crippen LogP contribution in [0.1, 0.15) is 29.3 Å². The van der Waals surface area contributed by atoms with Crippen molar-refractivity contribution in [3.8, 4) is 10.8 Å². The van der Waals surface area contributed by atoms with Crippen molar-refractivity contribution in [3.63, 3.8) is 0 Å². The number of hydrogen-bond donors (Lipinski definition) is 0. The summed E-state index contributed by atoms with van der Waals surface area (Å²) in [6.07, 6.45) is 0.440. The van der Waals surface area contributed by atoms with Crippen molar-refractivity contribution in [3.05, 3.63) is 58.7 Å². The Balaban J connectivity index is 1.49. The molecule has 0 radical (unpaired) electrons. The van der Waals surface area contributed by atoms with Gasteiger partial charge in [0.25, 0.3) is 5.89 Å². The topological polar surface area (TPSA) is 59.2 Å². The molecule has 1 unspecified atom stereocenters. The van der Waals surface area contributed by atoms with Gasteiger partial charge in [-0.25, -0.2) is 0 Å². The fraction of sp³-hybridized carbons (Fsp3) is 0.278. The largest absolute Gasteiger partial charge is 0.338 e. The van der Waals surface area contributed by atoms with E-state index < -0.39 is 0 Å². The van der Waals surface area contributed by atoms with E-state index in [1.807, 2.05) is 34.5 Å². The summed E-state index contributed by atoms with van der Waals surface area (Å²) in [5, 5.41) is 6.06. The first-order valence-corrected chi connectivity index (χ1v) is 8.78. The number of amides is 1. The predicted octanol–water partition coefficient (Wildman–Crippen LogP) is 3.62. The number of carbonyl (C=O) groups is 1. The minimum Gasteiger partial charge on any atom is -0.338 e. The van der Waals surface area contributed by atoms with Gasteiger partial charge in [0.2, 0.25) is 5.91 Å². The van der Waals surface area contributed by atoms with E-state index in [-0.39, 0.29) is 11.8 Å². The van der Waals surface area contributed by atoms with Gasteiger partial charge >= 0.3 is 0 Å². The molecule has 1 atom stereocenters. The zero-order valence-corrected chi connectivity index (χ0v) is 14.1. The molecule has 4 rings (SSSR count). The van der Waals surface area contributed by atoms with Crippen LogP contribution in [0.5, 0.6) is 0 Å². The molecule has 1 aliphatic heterocycles. The van der Waals surface area contributed by atoms with Gasteiger partial charge in [-0.2, -0.15) is 4.98 Å². The lowest BCUT2D eigenvalue weighted by molar-refractivity contribution is -0.128. The number of rotatable bonds is 4. The quantitative estimate of drug-likeness (QED) is 0.728. The molecule has 1 fully saturated rings. The average Bonchev–Trinajstić information content (AvgIpc) is 3.30. The van der Waals surface area contributed by atoms with Gasteiger partial charge in [0.1, 0.15) is 0 Å². The molecule has 0 spiro atoms. The highest BCUT2D eigenvalue weighted by Gasteiger charge is 2.34. The predicted molar refractivity (Wildman–Crippen MR) is 91.6 cm³/mol. The van der Waals surface area contributed by atoms with Gasteiger partial charge in [-0.15, -0.1) is 11.3 Å². The van der Waals surface area contributed by atoms with Crippen LogP contribution in [0, 0.1) is 6.92 Å². The first kappa shape index (κ1) is 15.1. The van der Waals surface area contributed by atoms with Crippen LogP contribution in [-0.2, 0) is 11.3 Å². The highest BCUT2D eigenvalue weighted by molar-refractivity contribution is 7.13. The molecule has 0 aliphatic carbocycles. The number of carbonyl (C=O) groups excluding carboxylic acids is 1. The van der Waals surface area contributed by atoms with Crippen LogP contribution >= 0.6 is 11.3 Å². The number of thiophene rings is 1. The van der Waals surface area contributed by atoms with Crippen LogP contribution in [0.2, 0.25) is 0 Å². The molecule has 2 aromatic heterocycles. The molecule has 0 bridgehead atoms. The van der Waals surface area contributed by atoms with E-state index in [2.05, 4.69) is 29.2 Å². The lowest BCUT2D eigenvalue weighted by atomic mass is 10.1. The fourth-order valence-corrected chi connectivity index (χ4v) is 3.64. The number of nitrogens with zero attached hydrogens (tertiary/aromatic N) is 3. The van der Waals surface area contributed by atoms with Gasteiger partial charge in [-0.3, -0.25) is 4.79 Å².